The Hall–Kier alpha value is -1.26. The summed E-state index contributed by atoms with van der Waals surface area (Å²) in [5.74, 6) is 2.83. The second-order valence-corrected chi connectivity index (χ2v) is 4.89. The average molecular weight is 227 g/mol. The highest BCUT2D eigenvalue weighted by atomic mass is 14.9. The first kappa shape index (κ1) is 12.2. The van der Waals surface area contributed by atoms with Crippen LogP contribution in [0.2, 0.25) is 0 Å². The van der Waals surface area contributed by atoms with Crippen molar-refractivity contribution in [1.82, 2.24) is 5.32 Å². The molecule has 0 aromatic heterocycles. The molecule has 1 N–H and O–H groups in total. The molecule has 1 atom stereocenters. The molecule has 90 valence electrons. The van der Waals surface area contributed by atoms with Gasteiger partial charge >= 0.3 is 0 Å². The molecule has 0 heterocycles. The van der Waals surface area contributed by atoms with Gasteiger partial charge in [0.2, 0.25) is 0 Å². The van der Waals surface area contributed by atoms with Crippen LogP contribution in [0.1, 0.15) is 38.2 Å². The van der Waals surface area contributed by atoms with Crippen molar-refractivity contribution < 1.29 is 0 Å². The van der Waals surface area contributed by atoms with Crippen molar-refractivity contribution in [3.05, 3.63) is 35.9 Å². The van der Waals surface area contributed by atoms with Gasteiger partial charge in [-0.3, -0.25) is 0 Å². The molecule has 0 aliphatic heterocycles. The van der Waals surface area contributed by atoms with Crippen LogP contribution in [0, 0.1) is 12.3 Å². The quantitative estimate of drug-likeness (QED) is 0.762. The Bertz CT molecular complexity index is 384. The van der Waals surface area contributed by atoms with Gasteiger partial charge in [-0.1, -0.05) is 43.7 Å². The van der Waals surface area contributed by atoms with E-state index in [4.69, 9.17) is 6.42 Å². The van der Waals surface area contributed by atoms with E-state index in [-0.39, 0.29) is 5.41 Å². The fourth-order valence-electron chi connectivity index (χ4n) is 2.99. The molecule has 1 aliphatic rings. The number of hydrogen-bond donors (Lipinski definition) is 1. The summed E-state index contributed by atoms with van der Waals surface area (Å²) in [7, 11) is 0. The van der Waals surface area contributed by atoms with Crippen molar-refractivity contribution in [2.45, 2.75) is 44.1 Å². The Morgan fingerprint density at radius 2 is 2.06 bits per heavy atom. The number of terminal acetylenes is 1. The molecule has 1 aromatic carbocycles. The molecule has 1 unspecified atom stereocenters. The van der Waals surface area contributed by atoms with E-state index in [9.17, 15) is 0 Å². The third-order valence-corrected chi connectivity index (χ3v) is 4.03. The summed E-state index contributed by atoms with van der Waals surface area (Å²) in [6.07, 6.45) is 10.2. The van der Waals surface area contributed by atoms with E-state index in [1.165, 1.54) is 24.8 Å². The predicted octanol–water partition coefficient (Wildman–Crippen LogP) is 3.11. The maximum Gasteiger partial charge on any atom is 0.0273 e. The Balaban J connectivity index is 2.27. The summed E-state index contributed by atoms with van der Waals surface area (Å²) < 4.78 is 0. The second-order valence-electron chi connectivity index (χ2n) is 4.89. The van der Waals surface area contributed by atoms with Crippen molar-refractivity contribution in [2.24, 2.45) is 0 Å². The Morgan fingerprint density at radius 3 is 2.53 bits per heavy atom. The van der Waals surface area contributed by atoms with Gasteiger partial charge in [-0.25, -0.2) is 0 Å². The summed E-state index contributed by atoms with van der Waals surface area (Å²) in [5.41, 5.74) is 1.73. The standard InChI is InChI=1S/C16H21N/c1-3-9-15(17-4-2)16(12-8-13-16)14-10-6-5-7-11-14/h1,5-7,10-11,15,17H,4,8-9,12-13H2,2H3. The number of nitrogens with one attached hydrogen (secondary N) is 1. The monoisotopic (exact) mass is 227 g/mol. The highest BCUT2D eigenvalue weighted by Crippen LogP contribution is 2.47. The molecule has 1 fully saturated rings. The molecule has 1 aliphatic carbocycles. The highest BCUT2D eigenvalue weighted by Gasteiger charge is 2.44. The fraction of sp³-hybridized carbons (Fsp3) is 0.500. The zero-order valence-corrected chi connectivity index (χ0v) is 10.6. The van der Waals surface area contributed by atoms with E-state index in [2.05, 4.69) is 48.5 Å². The minimum Gasteiger partial charge on any atom is -0.312 e. The minimum atomic E-state index is 0.281. The van der Waals surface area contributed by atoms with Gasteiger partial charge in [-0.2, -0.15) is 0 Å². The van der Waals surface area contributed by atoms with Gasteiger partial charge < -0.3 is 5.32 Å². The summed E-state index contributed by atoms with van der Waals surface area (Å²) >= 11 is 0. The van der Waals surface area contributed by atoms with Crippen LogP contribution in [0.3, 0.4) is 0 Å². The summed E-state index contributed by atoms with van der Waals surface area (Å²) in [6, 6.07) is 11.3. The van der Waals surface area contributed by atoms with Crippen molar-refractivity contribution in [3.63, 3.8) is 0 Å². The van der Waals surface area contributed by atoms with E-state index >= 15 is 0 Å². The highest BCUT2D eigenvalue weighted by molar-refractivity contribution is 5.31. The van der Waals surface area contributed by atoms with Gasteiger partial charge in [0.25, 0.3) is 0 Å². The average Bonchev–Trinajstić information content (AvgIpc) is 2.30. The molecule has 0 radical (unpaired) electrons. The smallest absolute Gasteiger partial charge is 0.0273 e. The van der Waals surface area contributed by atoms with Gasteiger partial charge in [0.05, 0.1) is 0 Å². The van der Waals surface area contributed by atoms with Crippen molar-refractivity contribution in [2.75, 3.05) is 6.54 Å². The predicted molar refractivity (Wildman–Crippen MR) is 72.9 cm³/mol. The van der Waals surface area contributed by atoms with Gasteiger partial charge in [0.1, 0.15) is 0 Å². The molecule has 1 heteroatoms. The first-order valence-electron chi connectivity index (χ1n) is 6.56. The number of likely N-dealkylation sites (N-methyl/N-ethyl adjacent to an activating group) is 1. The molecule has 1 aromatic rings. The van der Waals surface area contributed by atoms with Crippen molar-refractivity contribution in [3.8, 4) is 12.3 Å². The lowest BCUT2D eigenvalue weighted by molar-refractivity contribution is 0.172. The van der Waals surface area contributed by atoms with Gasteiger partial charge in [-0.15, -0.1) is 12.3 Å². The van der Waals surface area contributed by atoms with Crippen LogP contribution >= 0.6 is 0 Å². The van der Waals surface area contributed by atoms with Crippen LogP contribution in [-0.4, -0.2) is 12.6 Å². The van der Waals surface area contributed by atoms with Crippen LogP contribution in [0.4, 0.5) is 0 Å². The lowest BCUT2D eigenvalue weighted by Gasteiger charge is -2.48. The lowest BCUT2D eigenvalue weighted by Crippen LogP contribution is -2.52. The molecule has 1 saturated carbocycles. The van der Waals surface area contributed by atoms with Crippen LogP contribution in [0.5, 0.6) is 0 Å². The number of benzene rings is 1. The lowest BCUT2D eigenvalue weighted by atomic mass is 9.59. The summed E-state index contributed by atoms with van der Waals surface area (Å²) in [4.78, 5) is 0. The summed E-state index contributed by atoms with van der Waals surface area (Å²) in [5, 5.41) is 3.58. The van der Waals surface area contributed by atoms with E-state index < -0.39 is 0 Å². The number of hydrogen-bond acceptors (Lipinski definition) is 1. The maximum atomic E-state index is 5.52. The minimum absolute atomic E-state index is 0.281. The normalized spacial score (nSPS) is 19.1. The van der Waals surface area contributed by atoms with E-state index in [0.29, 0.717) is 6.04 Å². The molecule has 17 heavy (non-hydrogen) atoms. The summed E-state index contributed by atoms with van der Waals surface area (Å²) in [6.45, 7) is 3.14. The van der Waals surface area contributed by atoms with E-state index in [1.807, 2.05) is 0 Å². The number of rotatable bonds is 5. The molecule has 0 bridgehead atoms. The van der Waals surface area contributed by atoms with Crippen LogP contribution in [-0.2, 0) is 5.41 Å². The second kappa shape index (κ2) is 5.38. The van der Waals surface area contributed by atoms with Crippen LogP contribution in [0.15, 0.2) is 30.3 Å². The first-order valence-corrected chi connectivity index (χ1v) is 6.56. The van der Waals surface area contributed by atoms with E-state index in [0.717, 1.165) is 13.0 Å². The molecular formula is C16H21N. The zero-order valence-electron chi connectivity index (χ0n) is 10.6. The van der Waals surface area contributed by atoms with Gasteiger partial charge in [0, 0.05) is 17.9 Å². The molecule has 0 amide bonds. The molecule has 0 saturated heterocycles. The van der Waals surface area contributed by atoms with Crippen LogP contribution < -0.4 is 5.32 Å². The van der Waals surface area contributed by atoms with Gasteiger partial charge in [0.15, 0.2) is 0 Å². The first-order chi connectivity index (χ1) is 8.33. The topological polar surface area (TPSA) is 12.0 Å². The van der Waals surface area contributed by atoms with Crippen molar-refractivity contribution in [1.29, 1.82) is 0 Å². The third-order valence-electron chi connectivity index (χ3n) is 4.03. The Morgan fingerprint density at radius 1 is 1.35 bits per heavy atom. The molecule has 0 spiro atoms. The fourth-order valence-corrected chi connectivity index (χ4v) is 2.99. The maximum absolute atomic E-state index is 5.52. The third kappa shape index (κ3) is 2.23. The molecular weight excluding hydrogens is 206 g/mol. The Labute approximate surface area is 105 Å². The largest absolute Gasteiger partial charge is 0.312 e. The van der Waals surface area contributed by atoms with Crippen LogP contribution in [0.25, 0.3) is 0 Å². The van der Waals surface area contributed by atoms with E-state index in [1.54, 1.807) is 0 Å². The SMILES string of the molecule is C#CCC(NCC)C1(c2ccccc2)CCC1. The van der Waals surface area contributed by atoms with Gasteiger partial charge in [-0.05, 0) is 24.9 Å². The van der Waals surface area contributed by atoms with Crippen molar-refractivity contribution >= 4 is 0 Å². The molecule has 2 rings (SSSR count). The Kier molecular flexibility index (Phi) is 3.86. The zero-order chi connectivity index (χ0) is 12.1. The molecule has 1 nitrogen and oxygen atoms in total.